The van der Waals surface area contributed by atoms with Gasteiger partial charge in [-0.2, -0.15) is 0 Å². The minimum absolute atomic E-state index is 0.100. The number of carbonyl (C=O) groups excluding carboxylic acids is 1. The van der Waals surface area contributed by atoms with Gasteiger partial charge >= 0.3 is 0 Å². The van der Waals surface area contributed by atoms with E-state index in [2.05, 4.69) is 41.4 Å². The Hall–Kier alpha value is -2.13. The maximum Gasteiger partial charge on any atom is 0.221 e. The van der Waals surface area contributed by atoms with Crippen molar-refractivity contribution in [1.82, 2.24) is 10.2 Å². The molecule has 2 rings (SSSR count). The van der Waals surface area contributed by atoms with E-state index in [0.717, 1.165) is 13.1 Å². The Labute approximate surface area is 133 Å². The van der Waals surface area contributed by atoms with E-state index in [1.165, 1.54) is 16.7 Å². The van der Waals surface area contributed by atoms with E-state index in [4.69, 9.17) is 0 Å². The Balaban J connectivity index is 1.70. The smallest absolute Gasteiger partial charge is 0.221 e. The number of hydrogen-bond acceptors (Lipinski definition) is 2. The number of carbonyl (C=O) groups is 1. The number of nitrogens with one attached hydrogen (secondary N) is 1. The van der Waals surface area contributed by atoms with E-state index in [9.17, 15) is 4.79 Å². The van der Waals surface area contributed by atoms with E-state index in [1.807, 2.05) is 37.4 Å². The highest BCUT2D eigenvalue weighted by molar-refractivity contribution is 5.76. The fourth-order valence-electron chi connectivity index (χ4n) is 2.36. The molecule has 0 spiro atoms. The van der Waals surface area contributed by atoms with Crippen LogP contribution in [0, 0.1) is 6.92 Å². The zero-order valence-corrected chi connectivity index (χ0v) is 13.4. The Morgan fingerprint density at radius 3 is 2.45 bits per heavy atom. The van der Waals surface area contributed by atoms with E-state index in [0.29, 0.717) is 13.0 Å². The van der Waals surface area contributed by atoms with Crippen LogP contribution in [0.25, 0.3) is 0 Å². The first-order chi connectivity index (χ1) is 10.6. The molecule has 0 bridgehead atoms. The first kappa shape index (κ1) is 16.2. The molecule has 2 aromatic rings. The summed E-state index contributed by atoms with van der Waals surface area (Å²) in [7, 11) is 2.04. The number of amides is 1. The molecule has 0 aliphatic carbocycles. The molecule has 1 amide bonds. The first-order valence-corrected chi connectivity index (χ1v) is 7.69. The molecule has 0 atom stereocenters. The summed E-state index contributed by atoms with van der Waals surface area (Å²) in [6.45, 7) is 4.30. The SMILES string of the molecule is Cc1ccccc1CNC(=O)CCN(C)Cc1ccccc1. The molecule has 0 fully saturated rings. The van der Waals surface area contributed by atoms with Crippen molar-refractivity contribution in [2.24, 2.45) is 0 Å². The Kier molecular flexibility index (Phi) is 6.16. The van der Waals surface area contributed by atoms with Crippen LogP contribution in [0.15, 0.2) is 54.6 Å². The second-order valence-electron chi connectivity index (χ2n) is 5.68. The van der Waals surface area contributed by atoms with Gasteiger partial charge in [-0.1, -0.05) is 54.6 Å². The zero-order chi connectivity index (χ0) is 15.8. The topological polar surface area (TPSA) is 32.3 Å². The number of benzene rings is 2. The van der Waals surface area contributed by atoms with Crippen LogP contribution in [-0.2, 0) is 17.9 Å². The number of aryl methyl sites for hydroxylation is 1. The second kappa shape index (κ2) is 8.35. The fraction of sp³-hybridized carbons (Fsp3) is 0.316. The van der Waals surface area contributed by atoms with Crippen molar-refractivity contribution < 1.29 is 4.79 Å². The normalized spacial score (nSPS) is 10.7. The fourth-order valence-corrected chi connectivity index (χ4v) is 2.36. The van der Waals surface area contributed by atoms with Crippen LogP contribution < -0.4 is 5.32 Å². The summed E-state index contributed by atoms with van der Waals surface area (Å²) in [5, 5.41) is 2.99. The van der Waals surface area contributed by atoms with Crippen LogP contribution >= 0.6 is 0 Å². The van der Waals surface area contributed by atoms with Crippen molar-refractivity contribution in [3.63, 3.8) is 0 Å². The quantitative estimate of drug-likeness (QED) is 0.851. The van der Waals surface area contributed by atoms with Gasteiger partial charge in [0.25, 0.3) is 0 Å². The first-order valence-electron chi connectivity index (χ1n) is 7.69. The van der Waals surface area contributed by atoms with Crippen molar-refractivity contribution in [3.05, 3.63) is 71.3 Å². The van der Waals surface area contributed by atoms with Crippen molar-refractivity contribution in [1.29, 1.82) is 0 Å². The number of hydrogen-bond donors (Lipinski definition) is 1. The van der Waals surface area contributed by atoms with Gasteiger partial charge in [-0.3, -0.25) is 4.79 Å². The van der Waals surface area contributed by atoms with Crippen LogP contribution in [0.3, 0.4) is 0 Å². The molecule has 0 heterocycles. The molecule has 3 nitrogen and oxygen atoms in total. The largest absolute Gasteiger partial charge is 0.352 e. The van der Waals surface area contributed by atoms with Crippen LogP contribution in [0.5, 0.6) is 0 Å². The summed E-state index contributed by atoms with van der Waals surface area (Å²) in [5.41, 5.74) is 3.66. The van der Waals surface area contributed by atoms with E-state index in [-0.39, 0.29) is 5.91 Å². The molecule has 116 valence electrons. The lowest BCUT2D eigenvalue weighted by molar-refractivity contribution is -0.121. The van der Waals surface area contributed by atoms with Crippen LogP contribution in [-0.4, -0.2) is 24.4 Å². The van der Waals surface area contributed by atoms with E-state index in [1.54, 1.807) is 0 Å². The average Bonchev–Trinajstić information content (AvgIpc) is 2.53. The number of rotatable bonds is 7. The maximum atomic E-state index is 11.9. The monoisotopic (exact) mass is 296 g/mol. The van der Waals surface area contributed by atoms with Crippen LogP contribution in [0.1, 0.15) is 23.1 Å². The lowest BCUT2D eigenvalue weighted by Gasteiger charge is -2.16. The number of nitrogens with zero attached hydrogens (tertiary/aromatic N) is 1. The van der Waals surface area contributed by atoms with Gasteiger partial charge in [0.2, 0.25) is 5.91 Å². The molecule has 1 N–H and O–H groups in total. The van der Waals surface area contributed by atoms with Crippen molar-refractivity contribution in [3.8, 4) is 0 Å². The molecule has 22 heavy (non-hydrogen) atoms. The Morgan fingerprint density at radius 1 is 1.05 bits per heavy atom. The highest BCUT2D eigenvalue weighted by atomic mass is 16.1. The lowest BCUT2D eigenvalue weighted by atomic mass is 10.1. The van der Waals surface area contributed by atoms with E-state index < -0.39 is 0 Å². The third kappa shape index (κ3) is 5.34. The van der Waals surface area contributed by atoms with Gasteiger partial charge in [-0.15, -0.1) is 0 Å². The van der Waals surface area contributed by atoms with Crippen molar-refractivity contribution in [2.45, 2.75) is 26.4 Å². The molecule has 0 aliphatic rings. The average molecular weight is 296 g/mol. The molecule has 0 unspecified atom stereocenters. The maximum absolute atomic E-state index is 11.9. The van der Waals surface area contributed by atoms with Crippen molar-refractivity contribution >= 4 is 5.91 Å². The molecule has 0 saturated carbocycles. The minimum atomic E-state index is 0.100. The summed E-state index contributed by atoms with van der Waals surface area (Å²) in [5.74, 6) is 0.100. The van der Waals surface area contributed by atoms with Gasteiger partial charge in [0.1, 0.15) is 0 Å². The summed E-state index contributed by atoms with van der Waals surface area (Å²) in [4.78, 5) is 14.1. The van der Waals surface area contributed by atoms with E-state index >= 15 is 0 Å². The van der Waals surface area contributed by atoms with Gasteiger partial charge in [0.15, 0.2) is 0 Å². The highest BCUT2D eigenvalue weighted by Crippen LogP contribution is 2.06. The molecule has 0 saturated heterocycles. The molecule has 0 radical (unpaired) electrons. The second-order valence-corrected chi connectivity index (χ2v) is 5.68. The van der Waals surface area contributed by atoms with Crippen molar-refractivity contribution in [2.75, 3.05) is 13.6 Å². The predicted molar refractivity (Wildman–Crippen MR) is 90.4 cm³/mol. The van der Waals surface area contributed by atoms with Gasteiger partial charge in [0.05, 0.1) is 0 Å². The molecular weight excluding hydrogens is 272 g/mol. The van der Waals surface area contributed by atoms with Gasteiger partial charge < -0.3 is 10.2 Å². The van der Waals surface area contributed by atoms with Crippen LogP contribution in [0.4, 0.5) is 0 Å². The third-order valence-corrected chi connectivity index (χ3v) is 3.75. The highest BCUT2D eigenvalue weighted by Gasteiger charge is 2.06. The zero-order valence-electron chi connectivity index (χ0n) is 13.4. The molecule has 0 aliphatic heterocycles. The summed E-state index contributed by atoms with van der Waals surface area (Å²) >= 11 is 0. The Bertz CT molecular complexity index is 595. The third-order valence-electron chi connectivity index (χ3n) is 3.75. The summed E-state index contributed by atoms with van der Waals surface area (Å²) in [6.07, 6.45) is 0.523. The minimum Gasteiger partial charge on any atom is -0.352 e. The molecule has 0 aromatic heterocycles. The molecule has 3 heteroatoms. The van der Waals surface area contributed by atoms with Crippen LogP contribution in [0.2, 0.25) is 0 Å². The summed E-state index contributed by atoms with van der Waals surface area (Å²) in [6, 6.07) is 18.4. The van der Waals surface area contributed by atoms with Gasteiger partial charge in [-0.25, -0.2) is 0 Å². The van der Waals surface area contributed by atoms with Gasteiger partial charge in [0, 0.05) is 26.1 Å². The van der Waals surface area contributed by atoms with Gasteiger partial charge in [-0.05, 0) is 30.7 Å². The Morgan fingerprint density at radius 2 is 1.73 bits per heavy atom. The standard InChI is InChI=1S/C19H24N2O/c1-16-8-6-7-11-18(16)14-20-19(22)12-13-21(2)15-17-9-4-3-5-10-17/h3-11H,12-15H2,1-2H3,(H,20,22). The molecular formula is C19H24N2O. The molecule has 2 aromatic carbocycles. The predicted octanol–water partition coefficient (Wildman–Crippen LogP) is 3.13. The summed E-state index contributed by atoms with van der Waals surface area (Å²) < 4.78 is 0. The lowest BCUT2D eigenvalue weighted by Crippen LogP contribution is -2.28.